The molecule has 2 N–H and O–H groups in total. The summed E-state index contributed by atoms with van der Waals surface area (Å²) >= 11 is 3.43. The SMILES string of the molecule is O=C1NC(c2ccc(Br)cc2)N2CC/C(=N/O)c3cccc1c32. The molecule has 2 aromatic carbocycles. The van der Waals surface area contributed by atoms with Gasteiger partial charge in [0.2, 0.25) is 0 Å². The van der Waals surface area contributed by atoms with Gasteiger partial charge in [0.05, 0.1) is 17.0 Å². The summed E-state index contributed by atoms with van der Waals surface area (Å²) in [5, 5.41) is 15.7. The summed E-state index contributed by atoms with van der Waals surface area (Å²) in [7, 11) is 0. The molecule has 23 heavy (non-hydrogen) atoms. The maximum Gasteiger partial charge on any atom is 0.255 e. The van der Waals surface area contributed by atoms with Gasteiger partial charge < -0.3 is 15.4 Å². The summed E-state index contributed by atoms with van der Waals surface area (Å²) in [5.74, 6) is -0.106. The third-order valence-corrected chi connectivity index (χ3v) is 4.88. The van der Waals surface area contributed by atoms with Gasteiger partial charge in [0, 0.05) is 23.0 Å². The Morgan fingerprint density at radius 3 is 2.65 bits per heavy atom. The van der Waals surface area contributed by atoms with Gasteiger partial charge in [-0.25, -0.2) is 0 Å². The van der Waals surface area contributed by atoms with Crippen LogP contribution in [0.25, 0.3) is 0 Å². The predicted octanol–water partition coefficient (Wildman–Crippen LogP) is 3.28. The van der Waals surface area contributed by atoms with Crippen LogP contribution in [0.15, 0.2) is 52.1 Å². The van der Waals surface area contributed by atoms with Crippen LogP contribution < -0.4 is 10.2 Å². The second-order valence-electron chi connectivity index (χ2n) is 5.62. The Balaban J connectivity index is 1.87. The molecule has 0 bridgehead atoms. The van der Waals surface area contributed by atoms with E-state index in [0.717, 1.165) is 21.3 Å². The van der Waals surface area contributed by atoms with E-state index in [1.807, 2.05) is 36.4 Å². The normalized spacial score (nSPS) is 21.1. The highest BCUT2D eigenvalue weighted by Crippen LogP contribution is 2.39. The van der Waals surface area contributed by atoms with Crippen LogP contribution in [0.1, 0.15) is 34.1 Å². The molecule has 0 aromatic heterocycles. The summed E-state index contributed by atoms with van der Waals surface area (Å²) in [6, 6.07) is 13.5. The number of anilines is 1. The zero-order valence-electron chi connectivity index (χ0n) is 12.2. The number of para-hydroxylation sites is 1. The third kappa shape index (κ3) is 2.21. The van der Waals surface area contributed by atoms with E-state index in [-0.39, 0.29) is 12.1 Å². The molecular weight excluding hydrogens is 358 g/mol. The highest BCUT2D eigenvalue weighted by Gasteiger charge is 2.36. The number of amides is 1. The van der Waals surface area contributed by atoms with E-state index in [0.29, 0.717) is 24.2 Å². The van der Waals surface area contributed by atoms with Crippen molar-refractivity contribution in [3.63, 3.8) is 0 Å². The molecule has 5 nitrogen and oxygen atoms in total. The van der Waals surface area contributed by atoms with Gasteiger partial charge in [-0.15, -0.1) is 0 Å². The molecule has 2 aliphatic heterocycles. The van der Waals surface area contributed by atoms with Gasteiger partial charge in [-0.3, -0.25) is 4.79 Å². The average Bonchev–Trinajstić information content (AvgIpc) is 2.58. The average molecular weight is 372 g/mol. The van der Waals surface area contributed by atoms with Gasteiger partial charge in [-0.2, -0.15) is 0 Å². The smallest absolute Gasteiger partial charge is 0.255 e. The molecular formula is C17H14BrN3O2. The lowest BCUT2D eigenvalue weighted by Gasteiger charge is -2.42. The van der Waals surface area contributed by atoms with E-state index in [9.17, 15) is 10.0 Å². The number of halogens is 1. The lowest BCUT2D eigenvalue weighted by Crippen LogP contribution is -2.49. The fraction of sp³-hybridized carbons (Fsp3) is 0.176. The van der Waals surface area contributed by atoms with Crippen LogP contribution in [0.4, 0.5) is 5.69 Å². The molecule has 4 rings (SSSR count). The fourth-order valence-electron chi connectivity index (χ4n) is 3.29. The van der Waals surface area contributed by atoms with Gasteiger partial charge >= 0.3 is 0 Å². The summed E-state index contributed by atoms with van der Waals surface area (Å²) < 4.78 is 0.998. The van der Waals surface area contributed by atoms with E-state index in [1.54, 1.807) is 6.07 Å². The van der Waals surface area contributed by atoms with E-state index in [1.165, 1.54) is 0 Å². The summed E-state index contributed by atoms with van der Waals surface area (Å²) in [4.78, 5) is 14.7. The second-order valence-corrected chi connectivity index (χ2v) is 6.54. The first-order valence-corrected chi connectivity index (χ1v) is 8.15. The molecule has 0 aliphatic carbocycles. The number of nitrogens with one attached hydrogen (secondary N) is 1. The zero-order chi connectivity index (χ0) is 16.0. The Kier molecular flexibility index (Phi) is 3.34. The standard InChI is InChI=1S/C17H14BrN3O2/c18-11-6-4-10(5-7-11)16-19-17(22)13-3-1-2-12-14(20-23)8-9-21(16)15(12)13/h1-7,16,23H,8-9H2,(H,19,22)/b20-14-. The Labute approximate surface area is 141 Å². The number of nitrogens with zero attached hydrogens (tertiary/aromatic N) is 2. The van der Waals surface area contributed by atoms with Crippen molar-refractivity contribution in [3.05, 3.63) is 63.6 Å². The van der Waals surface area contributed by atoms with Crippen LogP contribution in [0, 0.1) is 0 Å². The largest absolute Gasteiger partial charge is 0.411 e. The van der Waals surface area contributed by atoms with Crippen molar-refractivity contribution < 1.29 is 10.0 Å². The highest BCUT2D eigenvalue weighted by atomic mass is 79.9. The molecule has 1 unspecified atom stereocenters. The minimum atomic E-state index is -0.218. The van der Waals surface area contributed by atoms with E-state index in [2.05, 4.69) is 31.3 Å². The molecule has 2 aromatic rings. The van der Waals surface area contributed by atoms with Crippen LogP contribution in [-0.4, -0.2) is 23.4 Å². The number of oxime groups is 1. The summed E-state index contributed by atoms with van der Waals surface area (Å²) in [6.07, 6.45) is 0.417. The number of carbonyl (C=O) groups excluding carboxylic acids is 1. The van der Waals surface area contributed by atoms with Crippen LogP contribution in [0.5, 0.6) is 0 Å². The number of carbonyl (C=O) groups is 1. The second kappa shape index (κ2) is 5.38. The van der Waals surface area contributed by atoms with Gasteiger partial charge in [-0.05, 0) is 23.8 Å². The van der Waals surface area contributed by atoms with Crippen LogP contribution in [0.2, 0.25) is 0 Å². The Hall–Kier alpha value is -2.34. The predicted molar refractivity (Wildman–Crippen MR) is 91.1 cm³/mol. The minimum absolute atomic E-state index is 0.106. The zero-order valence-corrected chi connectivity index (χ0v) is 13.7. The van der Waals surface area contributed by atoms with Crippen molar-refractivity contribution in [1.29, 1.82) is 0 Å². The molecule has 0 radical (unpaired) electrons. The highest BCUT2D eigenvalue weighted by molar-refractivity contribution is 9.10. The van der Waals surface area contributed by atoms with Crippen molar-refractivity contribution in [1.82, 2.24) is 5.32 Å². The molecule has 0 spiro atoms. The quantitative estimate of drug-likeness (QED) is 0.597. The molecule has 0 saturated carbocycles. The van der Waals surface area contributed by atoms with Gasteiger partial charge in [0.15, 0.2) is 0 Å². The van der Waals surface area contributed by atoms with E-state index >= 15 is 0 Å². The maximum absolute atomic E-state index is 12.5. The van der Waals surface area contributed by atoms with Gasteiger partial charge in [0.25, 0.3) is 5.91 Å². The number of hydrogen-bond donors (Lipinski definition) is 2. The topological polar surface area (TPSA) is 64.9 Å². The first kappa shape index (κ1) is 14.3. The third-order valence-electron chi connectivity index (χ3n) is 4.35. The molecule has 1 amide bonds. The molecule has 0 fully saturated rings. The lowest BCUT2D eigenvalue weighted by molar-refractivity contribution is 0.0926. The van der Waals surface area contributed by atoms with Crippen LogP contribution >= 0.6 is 15.9 Å². The van der Waals surface area contributed by atoms with Gasteiger partial charge in [0.1, 0.15) is 6.17 Å². The lowest BCUT2D eigenvalue weighted by atomic mass is 9.92. The molecule has 6 heteroatoms. The van der Waals surface area contributed by atoms with Crippen molar-refractivity contribution >= 4 is 33.2 Å². The van der Waals surface area contributed by atoms with Crippen LogP contribution in [-0.2, 0) is 0 Å². The molecule has 2 aliphatic rings. The van der Waals surface area contributed by atoms with E-state index in [4.69, 9.17) is 0 Å². The Morgan fingerprint density at radius 2 is 1.91 bits per heavy atom. The van der Waals surface area contributed by atoms with Crippen molar-refractivity contribution in [2.45, 2.75) is 12.6 Å². The first-order valence-electron chi connectivity index (χ1n) is 7.36. The summed E-state index contributed by atoms with van der Waals surface area (Å²) in [6.45, 7) is 0.685. The molecule has 1 atom stereocenters. The van der Waals surface area contributed by atoms with E-state index < -0.39 is 0 Å². The van der Waals surface area contributed by atoms with Crippen molar-refractivity contribution in [2.24, 2.45) is 5.16 Å². The maximum atomic E-state index is 12.5. The summed E-state index contributed by atoms with van der Waals surface area (Å²) in [5.41, 5.74) is 3.95. The molecule has 0 saturated heterocycles. The first-order chi connectivity index (χ1) is 11.2. The molecule has 116 valence electrons. The monoisotopic (exact) mass is 371 g/mol. The number of rotatable bonds is 1. The van der Waals surface area contributed by atoms with Crippen LogP contribution in [0.3, 0.4) is 0 Å². The fourth-order valence-corrected chi connectivity index (χ4v) is 3.56. The number of hydrogen-bond acceptors (Lipinski definition) is 4. The Bertz CT molecular complexity index is 817. The van der Waals surface area contributed by atoms with Gasteiger partial charge in [-0.1, -0.05) is 45.4 Å². The minimum Gasteiger partial charge on any atom is -0.411 e. The molecule has 2 heterocycles. The van der Waals surface area contributed by atoms with Crippen molar-refractivity contribution in [3.8, 4) is 0 Å². The number of benzene rings is 2. The van der Waals surface area contributed by atoms with Crippen molar-refractivity contribution in [2.75, 3.05) is 11.4 Å². The Morgan fingerprint density at radius 1 is 1.17 bits per heavy atom.